The molecular weight excluding hydrogens is 258 g/mol. The van der Waals surface area contributed by atoms with E-state index < -0.39 is 0 Å². The molecule has 1 heterocycles. The minimum Gasteiger partial charge on any atom is -0.383 e. The van der Waals surface area contributed by atoms with Crippen LogP contribution in [0.15, 0.2) is 24.3 Å². The molecule has 1 saturated carbocycles. The molecule has 1 aliphatic rings. The predicted molar refractivity (Wildman–Crippen MR) is 88.3 cm³/mol. The smallest absolute Gasteiger partial charge is 0.131 e. The maximum absolute atomic E-state index is 6.39. The summed E-state index contributed by atoms with van der Waals surface area (Å²) in [6.07, 6.45) is 5.82. The summed E-state index contributed by atoms with van der Waals surface area (Å²) < 4.78 is 2.20. The molecule has 1 aliphatic carbocycles. The molecule has 0 atom stereocenters. The molecular formula is C18H25N3. The van der Waals surface area contributed by atoms with Crippen LogP contribution in [0.5, 0.6) is 0 Å². The Balaban J connectivity index is 2.00. The molecule has 0 aliphatic heterocycles. The van der Waals surface area contributed by atoms with Crippen molar-refractivity contribution >= 4 is 5.82 Å². The number of nitrogens with zero attached hydrogens (tertiary/aromatic N) is 2. The monoisotopic (exact) mass is 283 g/mol. The van der Waals surface area contributed by atoms with Crippen LogP contribution in [0, 0.1) is 0 Å². The van der Waals surface area contributed by atoms with Crippen LogP contribution >= 0.6 is 0 Å². The van der Waals surface area contributed by atoms with Crippen LogP contribution in [-0.4, -0.2) is 9.55 Å². The molecule has 112 valence electrons. The minimum absolute atomic E-state index is 0.763. The highest BCUT2D eigenvalue weighted by molar-refractivity contribution is 5.71. The average Bonchev–Trinajstić information content (AvgIpc) is 3.29. The van der Waals surface area contributed by atoms with Gasteiger partial charge in [0.2, 0.25) is 0 Å². The van der Waals surface area contributed by atoms with Crippen molar-refractivity contribution in [2.24, 2.45) is 0 Å². The van der Waals surface area contributed by atoms with Gasteiger partial charge >= 0.3 is 0 Å². The van der Waals surface area contributed by atoms with Crippen molar-refractivity contribution in [2.45, 2.75) is 58.4 Å². The van der Waals surface area contributed by atoms with Crippen molar-refractivity contribution in [3.63, 3.8) is 0 Å². The maximum Gasteiger partial charge on any atom is 0.131 e. The first-order chi connectivity index (χ1) is 10.2. The number of hydrogen-bond acceptors (Lipinski definition) is 2. The Morgan fingerprint density at radius 1 is 1.24 bits per heavy atom. The lowest BCUT2D eigenvalue weighted by Crippen LogP contribution is -2.06. The first-order valence-electron chi connectivity index (χ1n) is 8.19. The lowest BCUT2D eigenvalue weighted by atomic mass is 10.1. The Hall–Kier alpha value is -1.77. The summed E-state index contributed by atoms with van der Waals surface area (Å²) in [4.78, 5) is 4.85. The molecule has 0 bridgehead atoms. The number of anilines is 1. The van der Waals surface area contributed by atoms with E-state index in [1.54, 1.807) is 0 Å². The van der Waals surface area contributed by atoms with Gasteiger partial charge in [0.1, 0.15) is 17.3 Å². The SMILES string of the molecule is CCCc1nc(-c2cccc(C3CC3)c2)c(N)n1CCC. The number of hydrogen-bond donors (Lipinski definition) is 1. The van der Waals surface area contributed by atoms with Crippen molar-refractivity contribution in [1.82, 2.24) is 9.55 Å². The van der Waals surface area contributed by atoms with Crippen molar-refractivity contribution in [3.8, 4) is 11.3 Å². The van der Waals surface area contributed by atoms with Crippen LogP contribution in [0.2, 0.25) is 0 Å². The third-order valence-corrected chi connectivity index (χ3v) is 4.22. The molecule has 2 aromatic rings. The van der Waals surface area contributed by atoms with Crippen LogP contribution in [0.25, 0.3) is 11.3 Å². The van der Waals surface area contributed by atoms with Crippen LogP contribution < -0.4 is 5.73 Å². The Labute approximate surface area is 127 Å². The topological polar surface area (TPSA) is 43.8 Å². The second-order valence-corrected chi connectivity index (χ2v) is 6.06. The number of benzene rings is 1. The van der Waals surface area contributed by atoms with Crippen LogP contribution in [0.3, 0.4) is 0 Å². The Morgan fingerprint density at radius 2 is 2.05 bits per heavy atom. The van der Waals surface area contributed by atoms with Gasteiger partial charge in [0.05, 0.1) is 0 Å². The Morgan fingerprint density at radius 3 is 2.71 bits per heavy atom. The van der Waals surface area contributed by atoms with Crippen molar-refractivity contribution in [1.29, 1.82) is 0 Å². The van der Waals surface area contributed by atoms with Gasteiger partial charge in [0.15, 0.2) is 0 Å². The quantitative estimate of drug-likeness (QED) is 0.855. The molecule has 0 unspecified atom stereocenters. The molecule has 2 N–H and O–H groups in total. The molecule has 0 amide bonds. The number of imidazole rings is 1. The molecule has 0 saturated heterocycles. The van der Waals surface area contributed by atoms with Crippen molar-refractivity contribution < 1.29 is 0 Å². The summed E-state index contributed by atoms with van der Waals surface area (Å²) in [7, 11) is 0. The zero-order valence-corrected chi connectivity index (χ0v) is 13.1. The van der Waals surface area contributed by atoms with E-state index in [4.69, 9.17) is 10.7 Å². The number of rotatable bonds is 6. The zero-order valence-electron chi connectivity index (χ0n) is 13.1. The average molecular weight is 283 g/mol. The van der Waals surface area contributed by atoms with E-state index in [9.17, 15) is 0 Å². The first kappa shape index (κ1) is 14.2. The lowest BCUT2D eigenvalue weighted by Gasteiger charge is -2.07. The Kier molecular flexibility index (Phi) is 4.00. The second kappa shape index (κ2) is 5.92. The fourth-order valence-electron chi connectivity index (χ4n) is 2.97. The van der Waals surface area contributed by atoms with Gasteiger partial charge in [-0.15, -0.1) is 0 Å². The van der Waals surface area contributed by atoms with E-state index >= 15 is 0 Å². The van der Waals surface area contributed by atoms with E-state index in [0.717, 1.165) is 49.1 Å². The third kappa shape index (κ3) is 2.82. The first-order valence-corrected chi connectivity index (χ1v) is 8.19. The largest absolute Gasteiger partial charge is 0.383 e. The summed E-state index contributed by atoms with van der Waals surface area (Å²) in [6.45, 7) is 5.33. The Bertz CT molecular complexity index is 623. The number of nitrogen functional groups attached to an aromatic ring is 1. The fourth-order valence-corrected chi connectivity index (χ4v) is 2.97. The normalized spacial score (nSPS) is 14.6. The molecule has 3 rings (SSSR count). The maximum atomic E-state index is 6.39. The molecule has 1 fully saturated rings. The fraction of sp³-hybridized carbons (Fsp3) is 0.500. The highest BCUT2D eigenvalue weighted by Crippen LogP contribution is 2.41. The van der Waals surface area contributed by atoms with Gasteiger partial charge in [0, 0.05) is 18.5 Å². The second-order valence-electron chi connectivity index (χ2n) is 6.06. The number of aromatic nitrogens is 2. The summed E-state index contributed by atoms with van der Waals surface area (Å²) in [5.41, 5.74) is 9.97. The predicted octanol–water partition coefficient (Wildman–Crippen LogP) is 4.37. The van der Waals surface area contributed by atoms with Crippen molar-refractivity contribution in [3.05, 3.63) is 35.7 Å². The lowest BCUT2D eigenvalue weighted by molar-refractivity contribution is 0.637. The summed E-state index contributed by atoms with van der Waals surface area (Å²) in [6, 6.07) is 8.78. The number of aryl methyl sites for hydroxylation is 1. The van der Waals surface area contributed by atoms with Gasteiger partial charge in [0.25, 0.3) is 0 Å². The van der Waals surface area contributed by atoms with Crippen LogP contribution in [-0.2, 0) is 13.0 Å². The van der Waals surface area contributed by atoms with Gasteiger partial charge in [-0.25, -0.2) is 4.98 Å². The van der Waals surface area contributed by atoms with Crippen LogP contribution in [0.1, 0.15) is 56.8 Å². The van der Waals surface area contributed by atoms with Crippen molar-refractivity contribution in [2.75, 3.05) is 5.73 Å². The minimum atomic E-state index is 0.763. The molecule has 0 radical (unpaired) electrons. The molecule has 3 heteroatoms. The highest BCUT2D eigenvalue weighted by atomic mass is 15.1. The zero-order chi connectivity index (χ0) is 14.8. The standard InChI is InChI=1S/C18H25N3/c1-3-6-16-20-17(18(19)21(16)11-4-2)15-8-5-7-14(12-15)13-9-10-13/h5,7-8,12-13H,3-4,6,9-11,19H2,1-2H3. The van der Waals surface area contributed by atoms with Gasteiger partial charge in [-0.1, -0.05) is 32.0 Å². The number of nitrogens with two attached hydrogens (primary N) is 1. The summed E-state index contributed by atoms with van der Waals surface area (Å²) in [5.74, 6) is 2.72. The molecule has 1 aromatic carbocycles. The van der Waals surface area contributed by atoms with Crippen LogP contribution in [0.4, 0.5) is 5.82 Å². The molecule has 3 nitrogen and oxygen atoms in total. The highest BCUT2D eigenvalue weighted by Gasteiger charge is 2.24. The molecule has 1 aromatic heterocycles. The van der Waals surface area contributed by atoms with Gasteiger partial charge < -0.3 is 10.3 Å². The van der Waals surface area contributed by atoms with E-state index in [2.05, 4.69) is 42.7 Å². The molecule has 0 spiro atoms. The van der Waals surface area contributed by atoms with Gasteiger partial charge in [-0.05, 0) is 43.2 Å². The van der Waals surface area contributed by atoms with E-state index in [-0.39, 0.29) is 0 Å². The summed E-state index contributed by atoms with van der Waals surface area (Å²) >= 11 is 0. The van der Waals surface area contributed by atoms with Gasteiger partial charge in [-0.2, -0.15) is 0 Å². The third-order valence-electron chi connectivity index (χ3n) is 4.22. The van der Waals surface area contributed by atoms with Gasteiger partial charge in [-0.3, -0.25) is 0 Å². The van der Waals surface area contributed by atoms with E-state index in [0.29, 0.717) is 0 Å². The summed E-state index contributed by atoms with van der Waals surface area (Å²) in [5, 5.41) is 0. The molecule has 21 heavy (non-hydrogen) atoms. The van der Waals surface area contributed by atoms with E-state index in [1.807, 2.05) is 0 Å². The van der Waals surface area contributed by atoms with E-state index in [1.165, 1.54) is 24.0 Å².